The van der Waals surface area contributed by atoms with E-state index in [0.29, 0.717) is 6.61 Å². The first-order chi connectivity index (χ1) is 11.2. The van der Waals surface area contributed by atoms with E-state index in [2.05, 4.69) is 5.32 Å². The van der Waals surface area contributed by atoms with Crippen LogP contribution in [0.4, 0.5) is 0 Å². The smallest absolute Gasteiger partial charge is 0.335 e. The number of hydrogen-bond donors (Lipinski definition) is 1. The monoisotopic (exact) mass is 335 g/mol. The Kier molecular flexibility index (Phi) is 7.47. The van der Waals surface area contributed by atoms with Crippen LogP contribution in [-0.2, 0) is 16.0 Å². The van der Waals surface area contributed by atoms with Crippen LogP contribution >= 0.6 is 11.6 Å². The molecule has 126 valence electrons. The maximum Gasteiger partial charge on any atom is 0.335 e. The highest BCUT2D eigenvalue weighted by molar-refractivity contribution is 6.30. The minimum atomic E-state index is -0.150. The van der Waals surface area contributed by atoms with Crippen LogP contribution in [0.1, 0.15) is 51.0 Å². The molecule has 0 spiro atoms. The molecule has 0 heterocycles. The molecule has 1 N–H and O–H groups in total. The predicted molar refractivity (Wildman–Crippen MR) is 94.5 cm³/mol. The molecule has 0 bridgehead atoms. The van der Waals surface area contributed by atoms with Crippen molar-refractivity contribution in [2.45, 2.75) is 51.9 Å². The van der Waals surface area contributed by atoms with Crippen LogP contribution in [-0.4, -0.2) is 19.1 Å². The molecule has 1 aromatic carbocycles. The van der Waals surface area contributed by atoms with Crippen molar-refractivity contribution in [2.75, 3.05) is 13.2 Å². The lowest BCUT2D eigenvalue weighted by Crippen LogP contribution is -2.23. The maximum absolute atomic E-state index is 12.2. The second kappa shape index (κ2) is 9.61. The van der Waals surface area contributed by atoms with Gasteiger partial charge in [-0.15, -0.1) is 0 Å². The predicted octanol–water partition coefficient (Wildman–Crippen LogP) is 4.64. The lowest BCUT2D eigenvalue weighted by Gasteiger charge is -2.19. The maximum atomic E-state index is 12.2. The zero-order valence-electron chi connectivity index (χ0n) is 13.9. The summed E-state index contributed by atoms with van der Waals surface area (Å²) in [7, 11) is 0. The molecule has 23 heavy (non-hydrogen) atoms. The van der Waals surface area contributed by atoms with Crippen LogP contribution in [0.2, 0.25) is 5.02 Å². The van der Waals surface area contributed by atoms with E-state index in [9.17, 15) is 4.79 Å². The highest BCUT2D eigenvalue weighted by Gasteiger charge is 2.18. The third-order valence-electron chi connectivity index (χ3n) is 4.15. The minimum Gasteiger partial charge on any atom is -0.463 e. The normalized spacial score (nSPS) is 18.9. The Bertz CT molecular complexity index is 537. The molecule has 1 aromatic rings. The Hall–Kier alpha value is -1.48. The standard InChI is InChI=1S/C19H26ClNO2/c1-2-23-19(22)17-7-5-3-4-6-8-18(17)21-14-13-15-9-11-16(20)12-10-15/h9-12,21H,2-8,13-14H2,1H3/b18-17-. The Balaban J connectivity index is 1.99. The van der Waals surface area contributed by atoms with E-state index in [1.165, 1.54) is 18.4 Å². The quantitative estimate of drug-likeness (QED) is 0.769. The number of carbonyl (C=O) groups excluding carboxylic acids is 1. The third kappa shape index (κ3) is 5.91. The molecule has 0 aliphatic heterocycles. The van der Waals surface area contributed by atoms with Gasteiger partial charge in [-0.05, 0) is 56.7 Å². The summed E-state index contributed by atoms with van der Waals surface area (Å²) in [5.41, 5.74) is 3.17. The minimum absolute atomic E-state index is 0.150. The summed E-state index contributed by atoms with van der Waals surface area (Å²) in [5, 5.41) is 4.25. The fraction of sp³-hybridized carbons (Fsp3) is 0.526. The summed E-state index contributed by atoms with van der Waals surface area (Å²) in [6.45, 7) is 3.11. The van der Waals surface area contributed by atoms with Gasteiger partial charge >= 0.3 is 5.97 Å². The van der Waals surface area contributed by atoms with Gasteiger partial charge in [0.15, 0.2) is 0 Å². The van der Waals surface area contributed by atoms with Gasteiger partial charge in [-0.2, -0.15) is 0 Å². The van der Waals surface area contributed by atoms with Crippen molar-refractivity contribution in [3.63, 3.8) is 0 Å². The fourth-order valence-corrected chi connectivity index (χ4v) is 3.03. The molecule has 0 radical (unpaired) electrons. The number of nitrogens with one attached hydrogen (secondary N) is 1. The van der Waals surface area contributed by atoms with Crippen LogP contribution in [0, 0.1) is 0 Å². The zero-order valence-corrected chi connectivity index (χ0v) is 14.6. The summed E-state index contributed by atoms with van der Waals surface area (Å²) < 4.78 is 5.23. The summed E-state index contributed by atoms with van der Waals surface area (Å²) in [5.74, 6) is -0.150. The lowest BCUT2D eigenvalue weighted by molar-refractivity contribution is -0.138. The van der Waals surface area contributed by atoms with E-state index < -0.39 is 0 Å². The van der Waals surface area contributed by atoms with Gasteiger partial charge in [0.05, 0.1) is 12.2 Å². The molecule has 0 amide bonds. The van der Waals surface area contributed by atoms with Crippen molar-refractivity contribution >= 4 is 17.6 Å². The molecular weight excluding hydrogens is 310 g/mol. The van der Waals surface area contributed by atoms with Crippen LogP contribution < -0.4 is 5.32 Å². The lowest BCUT2D eigenvalue weighted by atomic mass is 9.97. The van der Waals surface area contributed by atoms with E-state index in [0.717, 1.165) is 54.9 Å². The average Bonchev–Trinajstić information content (AvgIpc) is 2.51. The van der Waals surface area contributed by atoms with Crippen LogP contribution in [0.25, 0.3) is 0 Å². The van der Waals surface area contributed by atoms with E-state index in [1.807, 2.05) is 31.2 Å². The van der Waals surface area contributed by atoms with Crippen molar-refractivity contribution < 1.29 is 9.53 Å². The molecule has 0 atom stereocenters. The van der Waals surface area contributed by atoms with Crippen LogP contribution in [0.15, 0.2) is 35.5 Å². The van der Waals surface area contributed by atoms with Gasteiger partial charge in [-0.25, -0.2) is 4.79 Å². The van der Waals surface area contributed by atoms with Crippen molar-refractivity contribution in [1.29, 1.82) is 0 Å². The Labute approximate surface area is 144 Å². The van der Waals surface area contributed by atoms with Crippen molar-refractivity contribution in [3.05, 3.63) is 46.1 Å². The van der Waals surface area contributed by atoms with E-state index in [-0.39, 0.29) is 5.97 Å². The molecule has 4 heteroatoms. The number of esters is 1. The van der Waals surface area contributed by atoms with Gasteiger partial charge in [-0.3, -0.25) is 0 Å². The van der Waals surface area contributed by atoms with Crippen molar-refractivity contribution in [2.24, 2.45) is 0 Å². The molecule has 0 fully saturated rings. The van der Waals surface area contributed by atoms with Gasteiger partial charge in [0.25, 0.3) is 0 Å². The topological polar surface area (TPSA) is 38.3 Å². The molecule has 0 aromatic heterocycles. The molecule has 0 saturated carbocycles. The van der Waals surface area contributed by atoms with Gasteiger partial charge in [0.2, 0.25) is 0 Å². The SMILES string of the molecule is CCOC(=O)/C1=C(\NCCc2ccc(Cl)cc2)CCCCCC1. The second-order valence-corrected chi connectivity index (χ2v) is 6.33. The molecular formula is C19H26ClNO2. The van der Waals surface area contributed by atoms with E-state index in [4.69, 9.17) is 16.3 Å². The van der Waals surface area contributed by atoms with Crippen LogP contribution in [0.5, 0.6) is 0 Å². The van der Waals surface area contributed by atoms with E-state index in [1.54, 1.807) is 0 Å². The average molecular weight is 336 g/mol. The number of allylic oxidation sites excluding steroid dienone is 1. The summed E-state index contributed by atoms with van der Waals surface area (Å²) in [6, 6.07) is 7.91. The largest absolute Gasteiger partial charge is 0.463 e. The second-order valence-electron chi connectivity index (χ2n) is 5.90. The van der Waals surface area contributed by atoms with Crippen molar-refractivity contribution in [3.8, 4) is 0 Å². The Morgan fingerprint density at radius 1 is 1.13 bits per heavy atom. The zero-order chi connectivity index (χ0) is 16.5. The molecule has 3 nitrogen and oxygen atoms in total. The van der Waals surface area contributed by atoms with E-state index >= 15 is 0 Å². The Morgan fingerprint density at radius 3 is 2.52 bits per heavy atom. The summed E-state index contributed by atoms with van der Waals surface area (Å²) >= 11 is 5.91. The number of ether oxygens (including phenoxy) is 1. The molecule has 0 unspecified atom stereocenters. The fourth-order valence-electron chi connectivity index (χ4n) is 2.91. The third-order valence-corrected chi connectivity index (χ3v) is 4.41. The molecule has 1 aliphatic carbocycles. The number of carbonyl (C=O) groups is 1. The number of rotatable bonds is 6. The molecule has 2 rings (SSSR count). The van der Waals surface area contributed by atoms with Crippen molar-refractivity contribution in [1.82, 2.24) is 5.32 Å². The highest BCUT2D eigenvalue weighted by Crippen LogP contribution is 2.22. The Morgan fingerprint density at radius 2 is 1.83 bits per heavy atom. The molecule has 1 aliphatic rings. The van der Waals surface area contributed by atoms with Gasteiger partial charge in [-0.1, -0.05) is 36.6 Å². The van der Waals surface area contributed by atoms with Gasteiger partial charge in [0.1, 0.15) is 0 Å². The summed E-state index contributed by atoms with van der Waals surface area (Å²) in [6.07, 6.45) is 7.30. The number of hydrogen-bond acceptors (Lipinski definition) is 3. The van der Waals surface area contributed by atoms with Crippen LogP contribution in [0.3, 0.4) is 0 Å². The first-order valence-corrected chi connectivity index (χ1v) is 8.96. The first-order valence-electron chi connectivity index (χ1n) is 8.58. The first kappa shape index (κ1) is 17.9. The molecule has 0 saturated heterocycles. The number of halogens is 1. The highest BCUT2D eigenvalue weighted by atomic mass is 35.5. The number of benzene rings is 1. The summed E-state index contributed by atoms with van der Waals surface area (Å²) in [4.78, 5) is 12.2. The van der Waals surface area contributed by atoms with Gasteiger partial charge in [0, 0.05) is 17.3 Å². The van der Waals surface area contributed by atoms with Gasteiger partial charge < -0.3 is 10.1 Å².